The predicted molar refractivity (Wildman–Crippen MR) is 62.6 cm³/mol. The zero-order valence-corrected chi connectivity index (χ0v) is 9.76. The molecule has 1 atom stereocenters. The first-order chi connectivity index (χ1) is 8.19. The van der Waals surface area contributed by atoms with Crippen LogP contribution >= 0.6 is 11.6 Å². The monoisotopic (exact) mass is 253 g/mol. The highest BCUT2D eigenvalue weighted by Gasteiger charge is 2.14. The lowest BCUT2D eigenvalue weighted by Crippen LogP contribution is -2.11. The average Bonchev–Trinajstić information content (AvgIpc) is 2.80. The second kappa shape index (κ2) is 5.27. The average molecular weight is 254 g/mol. The Balaban J connectivity index is 2.08. The molecule has 1 heterocycles. The van der Waals surface area contributed by atoms with E-state index in [2.05, 4.69) is 10.1 Å². The van der Waals surface area contributed by atoms with Crippen molar-refractivity contribution in [1.82, 2.24) is 10.1 Å². The lowest BCUT2D eigenvalue weighted by molar-refractivity contribution is 0.141. The largest absolute Gasteiger partial charge is 0.382 e. The van der Waals surface area contributed by atoms with Crippen LogP contribution in [-0.4, -0.2) is 21.8 Å². The van der Waals surface area contributed by atoms with Gasteiger partial charge >= 0.3 is 0 Å². The zero-order chi connectivity index (χ0) is 12.3. The molecule has 0 fully saturated rings. The lowest BCUT2D eigenvalue weighted by atomic mass is 10.1. The summed E-state index contributed by atoms with van der Waals surface area (Å²) in [6.45, 7) is 0.0581. The summed E-state index contributed by atoms with van der Waals surface area (Å²) in [5.41, 5.74) is 6.31. The summed E-state index contributed by atoms with van der Waals surface area (Å²) >= 11 is 5.78. The second-order valence-corrected chi connectivity index (χ2v) is 4.04. The maximum absolute atomic E-state index is 9.41. The van der Waals surface area contributed by atoms with Gasteiger partial charge in [0.2, 0.25) is 0 Å². The molecule has 0 bridgehead atoms. The highest BCUT2D eigenvalue weighted by molar-refractivity contribution is 6.30. The van der Waals surface area contributed by atoms with Gasteiger partial charge in [-0.1, -0.05) is 28.9 Å². The number of aliphatic hydroxyl groups excluding tert-OH is 1. The highest BCUT2D eigenvalue weighted by Crippen LogP contribution is 2.14. The van der Waals surface area contributed by atoms with Crippen LogP contribution in [0.1, 0.15) is 23.4 Å². The van der Waals surface area contributed by atoms with Gasteiger partial charge in [0, 0.05) is 18.0 Å². The summed E-state index contributed by atoms with van der Waals surface area (Å²) in [4.78, 5) is 4.06. The van der Waals surface area contributed by atoms with Crippen LogP contribution in [-0.2, 0) is 6.42 Å². The first-order valence-electron chi connectivity index (χ1n) is 5.14. The van der Waals surface area contributed by atoms with Crippen molar-refractivity contribution in [3.05, 3.63) is 46.6 Å². The molecule has 0 amide bonds. The fraction of sp³-hybridized carbons (Fsp3) is 0.273. The van der Waals surface area contributed by atoms with Crippen molar-refractivity contribution >= 4 is 11.6 Å². The van der Waals surface area contributed by atoms with E-state index >= 15 is 0 Å². The minimum Gasteiger partial charge on any atom is -0.382 e. The molecule has 0 saturated carbocycles. The molecule has 1 unspecified atom stereocenters. The van der Waals surface area contributed by atoms with E-state index < -0.39 is 6.10 Å². The van der Waals surface area contributed by atoms with Gasteiger partial charge in [0.1, 0.15) is 6.10 Å². The van der Waals surface area contributed by atoms with E-state index in [0.29, 0.717) is 17.3 Å². The topological polar surface area (TPSA) is 85.2 Å². The number of hydrogen-bond donors (Lipinski definition) is 2. The summed E-state index contributed by atoms with van der Waals surface area (Å²) in [6, 6.07) is 7.37. The highest BCUT2D eigenvalue weighted by atomic mass is 35.5. The van der Waals surface area contributed by atoms with Crippen molar-refractivity contribution < 1.29 is 9.63 Å². The van der Waals surface area contributed by atoms with Crippen LogP contribution in [0, 0.1) is 0 Å². The molecule has 1 aromatic carbocycles. The molecule has 3 N–H and O–H groups in total. The van der Waals surface area contributed by atoms with Crippen molar-refractivity contribution in [1.29, 1.82) is 0 Å². The van der Waals surface area contributed by atoms with Gasteiger partial charge in [-0.15, -0.1) is 0 Å². The lowest BCUT2D eigenvalue weighted by Gasteiger charge is -1.98. The SMILES string of the molecule is NCC(O)c1nc(Cc2ccc(Cl)cc2)no1. The van der Waals surface area contributed by atoms with Crippen LogP contribution in [0.4, 0.5) is 0 Å². The molecule has 0 saturated heterocycles. The van der Waals surface area contributed by atoms with Gasteiger partial charge in [-0.3, -0.25) is 0 Å². The molecular weight excluding hydrogens is 242 g/mol. The van der Waals surface area contributed by atoms with E-state index in [0.717, 1.165) is 5.56 Å². The minimum absolute atomic E-state index is 0.0581. The Morgan fingerprint density at radius 1 is 1.35 bits per heavy atom. The molecule has 0 aliphatic heterocycles. The van der Waals surface area contributed by atoms with E-state index in [1.54, 1.807) is 12.1 Å². The van der Waals surface area contributed by atoms with Crippen molar-refractivity contribution in [2.24, 2.45) is 5.73 Å². The Bertz CT molecular complexity index is 484. The normalized spacial score (nSPS) is 12.6. The van der Waals surface area contributed by atoms with Crippen LogP contribution in [0.25, 0.3) is 0 Å². The third-order valence-electron chi connectivity index (χ3n) is 2.27. The summed E-state index contributed by atoms with van der Waals surface area (Å²) in [7, 11) is 0. The number of rotatable bonds is 4. The summed E-state index contributed by atoms with van der Waals surface area (Å²) in [6.07, 6.45) is -0.376. The van der Waals surface area contributed by atoms with Crippen LogP contribution < -0.4 is 5.73 Å². The molecule has 0 aliphatic rings. The fourth-order valence-electron chi connectivity index (χ4n) is 1.36. The fourth-order valence-corrected chi connectivity index (χ4v) is 1.49. The number of nitrogens with zero attached hydrogens (tertiary/aromatic N) is 2. The maximum Gasteiger partial charge on any atom is 0.256 e. The molecule has 5 nitrogen and oxygen atoms in total. The molecular formula is C11H12ClN3O2. The van der Waals surface area contributed by atoms with Crippen molar-refractivity contribution in [3.8, 4) is 0 Å². The van der Waals surface area contributed by atoms with Gasteiger partial charge in [-0.2, -0.15) is 4.98 Å². The number of hydrogen-bond acceptors (Lipinski definition) is 5. The molecule has 0 aliphatic carbocycles. The molecule has 2 rings (SSSR count). The molecule has 0 radical (unpaired) electrons. The van der Waals surface area contributed by atoms with Crippen LogP contribution in [0.3, 0.4) is 0 Å². The van der Waals surface area contributed by atoms with Gasteiger partial charge < -0.3 is 15.4 Å². The number of aromatic nitrogens is 2. The minimum atomic E-state index is -0.901. The van der Waals surface area contributed by atoms with E-state index in [4.69, 9.17) is 21.9 Å². The van der Waals surface area contributed by atoms with Gasteiger partial charge in [0.15, 0.2) is 5.82 Å². The first-order valence-corrected chi connectivity index (χ1v) is 5.52. The van der Waals surface area contributed by atoms with Gasteiger partial charge in [0.05, 0.1) is 0 Å². The molecule has 17 heavy (non-hydrogen) atoms. The maximum atomic E-state index is 9.41. The molecule has 2 aromatic rings. The Kier molecular flexibility index (Phi) is 3.73. The molecule has 6 heteroatoms. The summed E-state index contributed by atoms with van der Waals surface area (Å²) < 4.78 is 4.90. The molecule has 90 valence electrons. The quantitative estimate of drug-likeness (QED) is 0.858. The number of nitrogens with two attached hydrogens (primary N) is 1. The summed E-state index contributed by atoms with van der Waals surface area (Å²) in [5, 5.41) is 13.9. The van der Waals surface area contributed by atoms with Crippen LogP contribution in [0.5, 0.6) is 0 Å². The Hall–Kier alpha value is -1.43. The standard InChI is InChI=1S/C11H12ClN3O2/c12-8-3-1-7(2-4-8)5-10-14-11(17-15-10)9(16)6-13/h1-4,9,16H,5-6,13H2. The van der Waals surface area contributed by atoms with Crippen molar-refractivity contribution in [2.45, 2.75) is 12.5 Å². The van der Waals surface area contributed by atoms with Crippen LogP contribution in [0.15, 0.2) is 28.8 Å². The van der Waals surface area contributed by atoms with E-state index in [9.17, 15) is 5.11 Å². The van der Waals surface area contributed by atoms with Crippen LogP contribution in [0.2, 0.25) is 5.02 Å². The van der Waals surface area contributed by atoms with Crippen molar-refractivity contribution in [2.75, 3.05) is 6.54 Å². The van der Waals surface area contributed by atoms with Gasteiger partial charge in [-0.05, 0) is 17.7 Å². The van der Waals surface area contributed by atoms with E-state index in [1.807, 2.05) is 12.1 Å². The predicted octanol–water partition coefficient (Wildman–Crippen LogP) is 1.31. The third kappa shape index (κ3) is 3.03. The van der Waals surface area contributed by atoms with Crippen molar-refractivity contribution in [3.63, 3.8) is 0 Å². The Morgan fingerprint density at radius 2 is 2.06 bits per heavy atom. The Labute approximate surface area is 103 Å². The second-order valence-electron chi connectivity index (χ2n) is 3.60. The Morgan fingerprint density at radius 3 is 2.71 bits per heavy atom. The number of benzene rings is 1. The van der Waals surface area contributed by atoms with E-state index in [-0.39, 0.29) is 12.4 Å². The molecule has 0 spiro atoms. The smallest absolute Gasteiger partial charge is 0.256 e. The third-order valence-corrected chi connectivity index (χ3v) is 2.52. The zero-order valence-electron chi connectivity index (χ0n) is 9.01. The number of aliphatic hydroxyl groups is 1. The summed E-state index contributed by atoms with van der Waals surface area (Å²) in [5.74, 6) is 0.659. The number of halogens is 1. The molecule has 1 aromatic heterocycles. The van der Waals surface area contributed by atoms with Gasteiger partial charge in [0.25, 0.3) is 5.89 Å². The van der Waals surface area contributed by atoms with E-state index in [1.165, 1.54) is 0 Å². The first kappa shape index (κ1) is 12.0. The van der Waals surface area contributed by atoms with Gasteiger partial charge in [-0.25, -0.2) is 0 Å².